The second kappa shape index (κ2) is 5.94. The molecule has 5 rings (SSSR count). The lowest BCUT2D eigenvalue weighted by molar-refractivity contribution is -0.0785. The minimum atomic E-state index is 0.629. The summed E-state index contributed by atoms with van der Waals surface area (Å²) in [7, 11) is 0. The predicted octanol–water partition coefficient (Wildman–Crippen LogP) is 5.29. The number of rotatable bonds is 6. The van der Waals surface area contributed by atoms with E-state index >= 15 is 0 Å². The first-order valence-electron chi connectivity index (χ1n) is 9.40. The highest BCUT2D eigenvalue weighted by molar-refractivity contribution is 7.10. The van der Waals surface area contributed by atoms with Crippen LogP contribution in [0.1, 0.15) is 63.2 Å². The van der Waals surface area contributed by atoms with Crippen LogP contribution in [0.25, 0.3) is 0 Å². The molecule has 0 spiro atoms. The van der Waals surface area contributed by atoms with E-state index in [1.165, 1.54) is 45.2 Å². The Kier molecular flexibility index (Phi) is 4.11. The van der Waals surface area contributed by atoms with Gasteiger partial charge in [-0.05, 0) is 92.1 Å². The monoisotopic (exact) mass is 317 g/mol. The molecule has 4 saturated carbocycles. The standard InChI is InChI=1S/C20H31NS/c1-14(2)13-21-6-5-20-11-15-8-16(12-20)10-17(9-15)19(20)18-4-3-7-22-18/h3-4,7,14-17,19,21H,5-6,8-13H2,1-2H3. The van der Waals surface area contributed by atoms with Crippen molar-refractivity contribution in [1.29, 1.82) is 0 Å². The molecule has 2 heteroatoms. The van der Waals surface area contributed by atoms with Gasteiger partial charge in [-0.1, -0.05) is 19.9 Å². The fourth-order valence-corrected chi connectivity index (χ4v) is 7.36. The van der Waals surface area contributed by atoms with Crippen molar-refractivity contribution >= 4 is 11.3 Å². The maximum atomic E-state index is 3.73. The van der Waals surface area contributed by atoms with E-state index in [0.717, 1.165) is 29.6 Å². The van der Waals surface area contributed by atoms with Crippen LogP contribution in [0.4, 0.5) is 0 Å². The summed E-state index contributed by atoms with van der Waals surface area (Å²) < 4.78 is 0. The van der Waals surface area contributed by atoms with Crippen LogP contribution in [-0.4, -0.2) is 13.1 Å². The van der Waals surface area contributed by atoms with Crippen LogP contribution in [0.15, 0.2) is 17.5 Å². The zero-order chi connectivity index (χ0) is 15.2. The minimum absolute atomic E-state index is 0.629. The van der Waals surface area contributed by atoms with Crippen LogP contribution in [0.3, 0.4) is 0 Å². The Bertz CT molecular complexity index is 478. The first-order valence-corrected chi connectivity index (χ1v) is 10.3. The van der Waals surface area contributed by atoms with E-state index in [9.17, 15) is 0 Å². The van der Waals surface area contributed by atoms with Gasteiger partial charge >= 0.3 is 0 Å². The first-order chi connectivity index (χ1) is 10.7. The molecule has 1 nitrogen and oxygen atoms in total. The van der Waals surface area contributed by atoms with Gasteiger partial charge in [0.15, 0.2) is 0 Å². The predicted molar refractivity (Wildman–Crippen MR) is 95.4 cm³/mol. The molecule has 1 aromatic heterocycles. The van der Waals surface area contributed by atoms with Gasteiger partial charge in [0, 0.05) is 10.8 Å². The van der Waals surface area contributed by atoms with Crippen molar-refractivity contribution in [1.82, 2.24) is 5.32 Å². The summed E-state index contributed by atoms with van der Waals surface area (Å²) in [6.45, 7) is 7.03. The largest absolute Gasteiger partial charge is 0.316 e. The van der Waals surface area contributed by atoms with Gasteiger partial charge in [0.1, 0.15) is 0 Å². The van der Waals surface area contributed by atoms with Crippen molar-refractivity contribution in [3.8, 4) is 0 Å². The van der Waals surface area contributed by atoms with Crippen LogP contribution < -0.4 is 5.32 Å². The summed E-state index contributed by atoms with van der Waals surface area (Å²) in [6, 6.07) is 4.71. The van der Waals surface area contributed by atoms with Gasteiger partial charge in [-0.25, -0.2) is 0 Å². The molecule has 0 aromatic carbocycles. The molecular weight excluding hydrogens is 286 g/mol. The summed E-state index contributed by atoms with van der Waals surface area (Å²) >= 11 is 2.02. The van der Waals surface area contributed by atoms with Crippen LogP contribution in [0.5, 0.6) is 0 Å². The normalized spacial score (nSPS) is 39.8. The quantitative estimate of drug-likeness (QED) is 0.703. The van der Waals surface area contributed by atoms with Crippen LogP contribution >= 0.6 is 11.3 Å². The second-order valence-corrected chi connectivity index (χ2v) is 9.79. The average Bonchev–Trinajstić information content (AvgIpc) is 2.96. The fourth-order valence-electron chi connectivity index (χ4n) is 6.30. The Labute approximate surface area is 139 Å². The number of hydrogen-bond acceptors (Lipinski definition) is 2. The van der Waals surface area contributed by atoms with E-state index in [4.69, 9.17) is 0 Å². The molecule has 0 amide bonds. The Hall–Kier alpha value is -0.340. The van der Waals surface area contributed by atoms with Crippen molar-refractivity contribution in [2.24, 2.45) is 29.1 Å². The Morgan fingerprint density at radius 2 is 2.00 bits per heavy atom. The van der Waals surface area contributed by atoms with E-state index in [-0.39, 0.29) is 0 Å². The highest BCUT2D eigenvalue weighted by Gasteiger charge is 2.56. The van der Waals surface area contributed by atoms with E-state index in [0.29, 0.717) is 5.41 Å². The molecule has 3 unspecified atom stereocenters. The third kappa shape index (κ3) is 2.67. The van der Waals surface area contributed by atoms with Gasteiger partial charge in [0.2, 0.25) is 0 Å². The Morgan fingerprint density at radius 1 is 1.23 bits per heavy atom. The van der Waals surface area contributed by atoms with Crippen molar-refractivity contribution in [2.45, 2.75) is 58.3 Å². The molecule has 1 aromatic rings. The molecule has 1 N–H and O–H groups in total. The highest BCUT2D eigenvalue weighted by atomic mass is 32.1. The van der Waals surface area contributed by atoms with Crippen molar-refractivity contribution in [3.63, 3.8) is 0 Å². The van der Waals surface area contributed by atoms with Gasteiger partial charge in [-0.15, -0.1) is 11.3 Å². The lowest BCUT2D eigenvalue weighted by Crippen LogP contribution is -2.52. The Morgan fingerprint density at radius 3 is 2.64 bits per heavy atom. The van der Waals surface area contributed by atoms with E-state index in [2.05, 4.69) is 36.7 Å². The Balaban J connectivity index is 1.53. The van der Waals surface area contributed by atoms with Gasteiger partial charge in [-0.3, -0.25) is 0 Å². The van der Waals surface area contributed by atoms with Crippen LogP contribution in [-0.2, 0) is 0 Å². The van der Waals surface area contributed by atoms with E-state index in [1.807, 2.05) is 11.3 Å². The third-order valence-electron chi connectivity index (χ3n) is 6.66. The molecule has 22 heavy (non-hydrogen) atoms. The highest BCUT2D eigenvalue weighted by Crippen LogP contribution is 2.67. The van der Waals surface area contributed by atoms with Gasteiger partial charge < -0.3 is 5.32 Å². The smallest absolute Gasteiger partial charge is 0.00845 e. The van der Waals surface area contributed by atoms with Crippen molar-refractivity contribution < 1.29 is 0 Å². The molecule has 4 bridgehead atoms. The van der Waals surface area contributed by atoms with Crippen molar-refractivity contribution in [3.05, 3.63) is 22.4 Å². The number of thiophene rings is 1. The maximum absolute atomic E-state index is 3.73. The SMILES string of the molecule is CC(C)CNCCC12CC3CC(CC(C3)C1c1cccs1)C2. The lowest BCUT2D eigenvalue weighted by Gasteiger charge is -2.61. The summed E-state index contributed by atoms with van der Waals surface area (Å²) in [6.07, 6.45) is 9.05. The molecule has 4 aliphatic carbocycles. The number of nitrogens with one attached hydrogen (secondary N) is 1. The molecule has 4 fully saturated rings. The van der Waals surface area contributed by atoms with Gasteiger partial charge in [0.25, 0.3) is 0 Å². The molecule has 122 valence electrons. The minimum Gasteiger partial charge on any atom is -0.316 e. The first kappa shape index (κ1) is 15.2. The molecular formula is C20H31NS. The summed E-state index contributed by atoms with van der Waals surface area (Å²) in [5, 5.41) is 6.03. The summed E-state index contributed by atoms with van der Waals surface area (Å²) in [5.41, 5.74) is 0.629. The molecule has 0 saturated heterocycles. The molecule has 4 aliphatic rings. The molecule has 0 radical (unpaired) electrons. The zero-order valence-electron chi connectivity index (χ0n) is 14.2. The molecule has 0 aliphatic heterocycles. The van der Waals surface area contributed by atoms with Gasteiger partial charge in [-0.2, -0.15) is 0 Å². The number of hydrogen-bond donors (Lipinski definition) is 1. The topological polar surface area (TPSA) is 12.0 Å². The molecule has 1 heterocycles. The third-order valence-corrected chi connectivity index (χ3v) is 7.62. The van der Waals surface area contributed by atoms with Crippen LogP contribution in [0, 0.1) is 29.1 Å². The van der Waals surface area contributed by atoms with E-state index < -0.39 is 0 Å². The van der Waals surface area contributed by atoms with Gasteiger partial charge in [0.05, 0.1) is 0 Å². The lowest BCUT2D eigenvalue weighted by atomic mass is 9.44. The molecule has 3 atom stereocenters. The van der Waals surface area contributed by atoms with E-state index in [1.54, 1.807) is 11.3 Å². The average molecular weight is 318 g/mol. The maximum Gasteiger partial charge on any atom is 0.00845 e. The van der Waals surface area contributed by atoms with Crippen LogP contribution in [0.2, 0.25) is 0 Å². The zero-order valence-corrected chi connectivity index (χ0v) is 15.0. The summed E-state index contributed by atoms with van der Waals surface area (Å²) in [5.74, 6) is 4.75. The van der Waals surface area contributed by atoms with Crippen molar-refractivity contribution in [2.75, 3.05) is 13.1 Å². The fraction of sp³-hybridized carbons (Fsp3) is 0.800. The summed E-state index contributed by atoms with van der Waals surface area (Å²) in [4.78, 5) is 1.70. The second-order valence-electron chi connectivity index (χ2n) is 8.81.